The average molecular weight is 323 g/mol. The third kappa shape index (κ3) is 2.91. The Hall–Kier alpha value is -1.91. The van der Waals surface area contributed by atoms with Crippen LogP contribution in [0.1, 0.15) is 12.0 Å². The van der Waals surface area contributed by atoms with Crippen LogP contribution in [0.25, 0.3) is 0 Å². The molecule has 4 nitrogen and oxygen atoms in total. The maximum Gasteiger partial charge on any atom is 0.224 e. The van der Waals surface area contributed by atoms with E-state index >= 15 is 0 Å². The molecule has 0 aromatic heterocycles. The van der Waals surface area contributed by atoms with Crippen molar-refractivity contribution in [2.45, 2.75) is 12.8 Å². The van der Waals surface area contributed by atoms with Crippen molar-refractivity contribution >= 4 is 40.5 Å². The molecule has 0 saturated carbocycles. The van der Waals surface area contributed by atoms with Gasteiger partial charge in [-0.3, -0.25) is 4.79 Å². The molecule has 3 rings (SSSR count). The molecule has 0 saturated heterocycles. The maximum absolute atomic E-state index is 11.3. The highest BCUT2D eigenvalue weighted by Gasteiger charge is 2.16. The summed E-state index contributed by atoms with van der Waals surface area (Å²) in [5.41, 5.74) is 7.97. The average Bonchev–Trinajstić information content (AvgIpc) is 2.43. The number of carbonyl (C=O) groups is 1. The van der Waals surface area contributed by atoms with E-state index in [-0.39, 0.29) is 5.91 Å². The number of nitrogen functional groups attached to an aromatic ring is 1. The Kier molecular flexibility index (Phi) is 3.66. The van der Waals surface area contributed by atoms with Gasteiger partial charge in [-0.2, -0.15) is 0 Å². The van der Waals surface area contributed by atoms with Crippen LogP contribution in [0.2, 0.25) is 10.0 Å². The summed E-state index contributed by atoms with van der Waals surface area (Å²) in [6, 6.07) is 8.61. The van der Waals surface area contributed by atoms with Crippen molar-refractivity contribution in [2.75, 3.05) is 11.1 Å². The summed E-state index contributed by atoms with van der Waals surface area (Å²) in [7, 11) is 0. The highest BCUT2D eigenvalue weighted by atomic mass is 35.5. The third-order valence-corrected chi connectivity index (χ3v) is 3.77. The molecule has 6 heteroatoms. The molecule has 1 aliphatic heterocycles. The smallest absolute Gasteiger partial charge is 0.224 e. The fraction of sp³-hybridized carbons (Fsp3) is 0.133. The van der Waals surface area contributed by atoms with E-state index in [1.54, 1.807) is 24.3 Å². The quantitative estimate of drug-likeness (QED) is 0.812. The summed E-state index contributed by atoms with van der Waals surface area (Å²) in [4.78, 5) is 11.3. The molecule has 108 valence electrons. The van der Waals surface area contributed by atoms with Crippen molar-refractivity contribution in [1.82, 2.24) is 0 Å². The van der Waals surface area contributed by atoms with Crippen LogP contribution in [0.3, 0.4) is 0 Å². The van der Waals surface area contributed by atoms with Crippen LogP contribution in [-0.4, -0.2) is 5.91 Å². The molecular weight excluding hydrogens is 311 g/mol. The van der Waals surface area contributed by atoms with Gasteiger partial charge in [-0.1, -0.05) is 23.2 Å². The van der Waals surface area contributed by atoms with E-state index in [4.69, 9.17) is 33.7 Å². The molecule has 1 heterocycles. The van der Waals surface area contributed by atoms with Gasteiger partial charge in [-0.05, 0) is 42.3 Å². The van der Waals surface area contributed by atoms with Gasteiger partial charge in [0.15, 0.2) is 5.75 Å². The van der Waals surface area contributed by atoms with Crippen molar-refractivity contribution < 1.29 is 9.53 Å². The number of halogens is 2. The lowest BCUT2D eigenvalue weighted by molar-refractivity contribution is -0.116. The number of rotatable bonds is 2. The minimum Gasteiger partial charge on any atom is -0.454 e. The summed E-state index contributed by atoms with van der Waals surface area (Å²) in [6.45, 7) is 0. The summed E-state index contributed by atoms with van der Waals surface area (Å²) in [5.74, 6) is 1.01. The Morgan fingerprint density at radius 1 is 1.10 bits per heavy atom. The van der Waals surface area contributed by atoms with Crippen molar-refractivity contribution in [2.24, 2.45) is 0 Å². The Morgan fingerprint density at radius 3 is 2.52 bits per heavy atom. The van der Waals surface area contributed by atoms with Crippen LogP contribution in [0, 0.1) is 0 Å². The van der Waals surface area contributed by atoms with E-state index in [9.17, 15) is 4.79 Å². The zero-order valence-corrected chi connectivity index (χ0v) is 12.5. The van der Waals surface area contributed by atoms with Gasteiger partial charge < -0.3 is 15.8 Å². The first kappa shape index (κ1) is 14.0. The predicted molar refractivity (Wildman–Crippen MR) is 84.3 cm³/mol. The van der Waals surface area contributed by atoms with Crippen LogP contribution >= 0.6 is 23.2 Å². The molecular formula is C15H12Cl2N2O2. The molecule has 0 radical (unpaired) electrons. The highest BCUT2D eigenvalue weighted by Crippen LogP contribution is 2.39. The van der Waals surface area contributed by atoms with E-state index in [0.717, 1.165) is 11.3 Å². The maximum atomic E-state index is 11.3. The van der Waals surface area contributed by atoms with E-state index in [2.05, 4.69) is 5.32 Å². The van der Waals surface area contributed by atoms with Crippen LogP contribution in [0.15, 0.2) is 30.3 Å². The van der Waals surface area contributed by atoms with Crippen molar-refractivity contribution in [1.29, 1.82) is 0 Å². The van der Waals surface area contributed by atoms with Gasteiger partial charge in [0.05, 0.1) is 10.0 Å². The number of benzene rings is 2. The second-order valence-corrected chi connectivity index (χ2v) is 5.60. The minimum atomic E-state index is 0.0285. The predicted octanol–water partition coefficient (Wildman–Crippen LogP) is 4.25. The van der Waals surface area contributed by atoms with Crippen molar-refractivity contribution in [3.63, 3.8) is 0 Å². The van der Waals surface area contributed by atoms with Crippen molar-refractivity contribution in [3.05, 3.63) is 45.9 Å². The largest absolute Gasteiger partial charge is 0.454 e. The van der Waals surface area contributed by atoms with Gasteiger partial charge in [-0.25, -0.2) is 0 Å². The van der Waals surface area contributed by atoms with Gasteiger partial charge in [-0.15, -0.1) is 0 Å². The summed E-state index contributed by atoms with van der Waals surface area (Å²) in [5, 5.41) is 3.52. The highest BCUT2D eigenvalue weighted by molar-refractivity contribution is 6.37. The SMILES string of the molecule is Nc1cc(Cl)c(Oc2ccc3c(c2)CCC(=O)N3)c(Cl)c1. The Bertz CT molecular complexity index is 709. The number of nitrogens with one attached hydrogen (secondary N) is 1. The van der Waals surface area contributed by atoms with Gasteiger partial charge >= 0.3 is 0 Å². The van der Waals surface area contributed by atoms with Gasteiger partial charge in [0.2, 0.25) is 5.91 Å². The zero-order valence-electron chi connectivity index (χ0n) is 11.0. The molecule has 2 aromatic rings. The molecule has 3 N–H and O–H groups in total. The third-order valence-electron chi connectivity index (χ3n) is 3.21. The number of ether oxygens (including phenoxy) is 1. The number of hydrogen-bond acceptors (Lipinski definition) is 3. The van der Waals surface area contributed by atoms with E-state index in [1.807, 2.05) is 6.07 Å². The zero-order chi connectivity index (χ0) is 15.0. The topological polar surface area (TPSA) is 64.3 Å². The molecule has 0 spiro atoms. The lowest BCUT2D eigenvalue weighted by Gasteiger charge is -2.18. The molecule has 0 atom stereocenters. The first-order valence-electron chi connectivity index (χ1n) is 6.38. The van der Waals surface area contributed by atoms with Gasteiger partial charge in [0, 0.05) is 17.8 Å². The summed E-state index contributed by atoms with van der Waals surface area (Å²) >= 11 is 12.2. The lowest BCUT2D eigenvalue weighted by Crippen LogP contribution is -2.18. The molecule has 1 aliphatic rings. The number of hydrogen-bond donors (Lipinski definition) is 2. The first-order valence-corrected chi connectivity index (χ1v) is 7.13. The normalized spacial score (nSPS) is 13.5. The molecule has 0 aliphatic carbocycles. The van der Waals surface area contributed by atoms with Crippen LogP contribution < -0.4 is 15.8 Å². The second-order valence-electron chi connectivity index (χ2n) is 4.78. The van der Waals surface area contributed by atoms with E-state index in [0.29, 0.717) is 40.1 Å². The molecule has 21 heavy (non-hydrogen) atoms. The van der Waals surface area contributed by atoms with E-state index in [1.165, 1.54) is 0 Å². The second kappa shape index (κ2) is 5.47. The van der Waals surface area contributed by atoms with Gasteiger partial charge in [0.1, 0.15) is 5.75 Å². The molecule has 1 amide bonds. The summed E-state index contributed by atoms with van der Waals surface area (Å²) in [6.07, 6.45) is 1.15. The molecule has 0 unspecified atom stereocenters. The summed E-state index contributed by atoms with van der Waals surface area (Å²) < 4.78 is 5.76. The van der Waals surface area contributed by atoms with Crippen LogP contribution in [-0.2, 0) is 11.2 Å². The van der Waals surface area contributed by atoms with Crippen LogP contribution in [0.5, 0.6) is 11.5 Å². The first-order chi connectivity index (χ1) is 10.0. The van der Waals surface area contributed by atoms with Crippen LogP contribution in [0.4, 0.5) is 11.4 Å². The minimum absolute atomic E-state index is 0.0285. The molecule has 2 aromatic carbocycles. The number of fused-ring (bicyclic) bond motifs is 1. The Balaban J connectivity index is 1.91. The molecule has 0 bridgehead atoms. The fourth-order valence-electron chi connectivity index (χ4n) is 2.22. The standard InChI is InChI=1S/C15H12Cl2N2O2/c16-11-6-9(18)7-12(17)15(11)21-10-2-3-13-8(5-10)1-4-14(20)19-13/h2-3,5-7H,1,4,18H2,(H,19,20). The Morgan fingerprint density at radius 2 is 1.81 bits per heavy atom. The van der Waals surface area contributed by atoms with E-state index < -0.39 is 0 Å². The number of amides is 1. The van der Waals surface area contributed by atoms with Crippen molar-refractivity contribution in [3.8, 4) is 11.5 Å². The number of anilines is 2. The fourth-order valence-corrected chi connectivity index (χ4v) is 2.80. The Labute approximate surface area is 131 Å². The lowest BCUT2D eigenvalue weighted by atomic mass is 10.0. The number of nitrogens with two attached hydrogens (primary N) is 1. The molecule has 0 fully saturated rings. The number of aryl methyl sites for hydroxylation is 1. The van der Waals surface area contributed by atoms with Gasteiger partial charge in [0.25, 0.3) is 0 Å². The monoisotopic (exact) mass is 322 g/mol. The number of carbonyl (C=O) groups excluding carboxylic acids is 1.